The Bertz CT molecular complexity index is 446. The second-order valence-electron chi connectivity index (χ2n) is 6.07. The molecule has 1 saturated heterocycles. The van der Waals surface area contributed by atoms with Gasteiger partial charge in [0.25, 0.3) is 0 Å². The molecule has 0 amide bonds. The molecule has 0 aliphatic carbocycles. The molecule has 2 unspecified atom stereocenters. The second kappa shape index (κ2) is 7.25. The van der Waals surface area contributed by atoms with E-state index in [0.717, 1.165) is 45.1 Å². The van der Waals surface area contributed by atoms with Crippen molar-refractivity contribution in [2.45, 2.75) is 38.5 Å². The van der Waals surface area contributed by atoms with Crippen LogP contribution in [-0.4, -0.2) is 49.9 Å². The number of benzene rings is 1. The Hall–Kier alpha value is -1.10. The molecule has 1 aromatic rings. The topological polar surface area (TPSA) is 33.7 Å². The van der Waals surface area contributed by atoms with Crippen LogP contribution in [0.1, 0.15) is 25.3 Å². The van der Waals surface area contributed by atoms with Crippen LogP contribution < -0.4 is 10.1 Å². The molecule has 2 aliphatic rings. The highest BCUT2D eigenvalue weighted by Gasteiger charge is 2.20. The number of ether oxygens (including phenoxy) is 2. The third-order valence-electron chi connectivity index (χ3n) is 4.44. The molecule has 2 aliphatic heterocycles. The lowest BCUT2D eigenvalue weighted by Gasteiger charge is -2.27. The first-order valence-electron chi connectivity index (χ1n) is 8.10. The van der Waals surface area contributed by atoms with Gasteiger partial charge in [0.2, 0.25) is 0 Å². The molecule has 4 nitrogen and oxygen atoms in total. The SMILES string of the molecule is CC(CNCC1CCCO1)N1CCOc2ccccc2C1. The van der Waals surface area contributed by atoms with Crippen LogP contribution in [0.15, 0.2) is 24.3 Å². The van der Waals surface area contributed by atoms with Gasteiger partial charge in [-0.3, -0.25) is 4.90 Å². The molecule has 0 aromatic heterocycles. The Morgan fingerprint density at radius 3 is 3.10 bits per heavy atom. The van der Waals surface area contributed by atoms with Gasteiger partial charge in [-0.1, -0.05) is 18.2 Å². The number of fused-ring (bicyclic) bond motifs is 1. The molecular formula is C17H26N2O2. The summed E-state index contributed by atoms with van der Waals surface area (Å²) in [5.41, 5.74) is 1.29. The van der Waals surface area contributed by atoms with Gasteiger partial charge < -0.3 is 14.8 Å². The van der Waals surface area contributed by atoms with Crippen LogP contribution in [0.3, 0.4) is 0 Å². The van der Waals surface area contributed by atoms with E-state index in [0.29, 0.717) is 12.1 Å². The third-order valence-corrected chi connectivity index (χ3v) is 4.44. The first-order chi connectivity index (χ1) is 10.3. The van der Waals surface area contributed by atoms with Gasteiger partial charge in [0.1, 0.15) is 12.4 Å². The van der Waals surface area contributed by atoms with Crippen LogP contribution in [0, 0.1) is 0 Å². The summed E-state index contributed by atoms with van der Waals surface area (Å²) in [4.78, 5) is 2.49. The van der Waals surface area contributed by atoms with Crippen molar-refractivity contribution < 1.29 is 9.47 Å². The van der Waals surface area contributed by atoms with E-state index < -0.39 is 0 Å². The molecule has 116 valence electrons. The van der Waals surface area contributed by atoms with E-state index >= 15 is 0 Å². The minimum absolute atomic E-state index is 0.422. The van der Waals surface area contributed by atoms with Gasteiger partial charge in [-0.15, -0.1) is 0 Å². The molecule has 4 heteroatoms. The molecule has 1 fully saturated rings. The number of rotatable bonds is 5. The average molecular weight is 290 g/mol. The molecule has 2 atom stereocenters. The molecule has 0 bridgehead atoms. The summed E-state index contributed by atoms with van der Waals surface area (Å²) in [5, 5.41) is 3.56. The van der Waals surface area contributed by atoms with E-state index in [1.807, 2.05) is 6.07 Å². The number of nitrogens with one attached hydrogen (secondary N) is 1. The van der Waals surface area contributed by atoms with Crippen molar-refractivity contribution >= 4 is 0 Å². The number of hydrogen-bond acceptors (Lipinski definition) is 4. The van der Waals surface area contributed by atoms with Gasteiger partial charge in [-0.25, -0.2) is 0 Å². The molecule has 3 rings (SSSR count). The molecule has 21 heavy (non-hydrogen) atoms. The van der Waals surface area contributed by atoms with Crippen LogP contribution >= 0.6 is 0 Å². The van der Waals surface area contributed by atoms with E-state index in [-0.39, 0.29) is 0 Å². The zero-order valence-electron chi connectivity index (χ0n) is 12.9. The van der Waals surface area contributed by atoms with Crippen molar-refractivity contribution in [2.24, 2.45) is 0 Å². The highest BCUT2D eigenvalue weighted by molar-refractivity contribution is 5.33. The minimum Gasteiger partial charge on any atom is -0.492 e. The Morgan fingerprint density at radius 1 is 1.33 bits per heavy atom. The normalized spacial score (nSPS) is 24.1. The summed E-state index contributed by atoms with van der Waals surface area (Å²) < 4.78 is 11.5. The maximum absolute atomic E-state index is 5.83. The zero-order valence-corrected chi connectivity index (χ0v) is 12.9. The predicted octanol–water partition coefficient (Wildman–Crippen LogP) is 2.04. The van der Waals surface area contributed by atoms with E-state index in [9.17, 15) is 0 Å². The van der Waals surface area contributed by atoms with E-state index in [1.165, 1.54) is 18.4 Å². The summed E-state index contributed by atoms with van der Waals surface area (Å²) in [6.07, 6.45) is 2.83. The van der Waals surface area contributed by atoms with Crippen molar-refractivity contribution in [3.8, 4) is 5.75 Å². The van der Waals surface area contributed by atoms with Crippen molar-refractivity contribution in [3.63, 3.8) is 0 Å². The predicted molar refractivity (Wildman–Crippen MR) is 83.7 cm³/mol. The van der Waals surface area contributed by atoms with Crippen molar-refractivity contribution in [2.75, 3.05) is 32.8 Å². The van der Waals surface area contributed by atoms with Gasteiger partial charge in [0, 0.05) is 44.4 Å². The van der Waals surface area contributed by atoms with Gasteiger partial charge in [0.05, 0.1) is 6.10 Å². The number of nitrogens with zero attached hydrogens (tertiary/aromatic N) is 1. The van der Waals surface area contributed by atoms with Crippen LogP contribution in [0.25, 0.3) is 0 Å². The first kappa shape index (κ1) is 14.8. The summed E-state index contributed by atoms with van der Waals surface area (Å²) in [6.45, 7) is 7.93. The lowest BCUT2D eigenvalue weighted by atomic mass is 10.1. The molecular weight excluding hydrogens is 264 g/mol. The van der Waals surface area contributed by atoms with E-state index in [1.54, 1.807) is 0 Å². The number of hydrogen-bond donors (Lipinski definition) is 1. The molecule has 1 N–H and O–H groups in total. The third kappa shape index (κ3) is 3.96. The Labute approximate surface area is 127 Å². The summed E-state index contributed by atoms with van der Waals surface area (Å²) in [5.74, 6) is 1.04. The summed E-state index contributed by atoms with van der Waals surface area (Å²) in [7, 11) is 0. The monoisotopic (exact) mass is 290 g/mol. The van der Waals surface area contributed by atoms with Crippen LogP contribution in [0.4, 0.5) is 0 Å². The van der Waals surface area contributed by atoms with Gasteiger partial charge >= 0.3 is 0 Å². The second-order valence-corrected chi connectivity index (χ2v) is 6.07. The minimum atomic E-state index is 0.422. The van der Waals surface area contributed by atoms with E-state index in [2.05, 4.69) is 35.3 Å². The maximum Gasteiger partial charge on any atom is 0.123 e. The lowest BCUT2D eigenvalue weighted by molar-refractivity contribution is 0.106. The Morgan fingerprint density at radius 2 is 2.24 bits per heavy atom. The van der Waals surface area contributed by atoms with Crippen molar-refractivity contribution in [1.29, 1.82) is 0 Å². The zero-order chi connectivity index (χ0) is 14.5. The van der Waals surface area contributed by atoms with Crippen LogP contribution in [0.5, 0.6) is 5.75 Å². The van der Waals surface area contributed by atoms with Crippen molar-refractivity contribution in [3.05, 3.63) is 29.8 Å². The Balaban J connectivity index is 1.49. The molecule has 0 radical (unpaired) electrons. The Kier molecular flexibility index (Phi) is 5.12. The van der Waals surface area contributed by atoms with Crippen LogP contribution in [-0.2, 0) is 11.3 Å². The smallest absolute Gasteiger partial charge is 0.123 e. The summed E-state index contributed by atoms with van der Waals surface area (Å²) >= 11 is 0. The molecule has 0 saturated carbocycles. The standard InChI is InChI=1S/C17H26N2O2/c1-14(11-18-12-16-6-4-9-20-16)19-8-10-21-17-7-3-2-5-15(17)13-19/h2-3,5,7,14,16,18H,4,6,8-13H2,1H3. The highest BCUT2D eigenvalue weighted by Crippen LogP contribution is 2.23. The quantitative estimate of drug-likeness (QED) is 0.900. The first-order valence-corrected chi connectivity index (χ1v) is 8.10. The fraction of sp³-hybridized carbons (Fsp3) is 0.647. The van der Waals surface area contributed by atoms with Gasteiger partial charge in [-0.2, -0.15) is 0 Å². The maximum atomic E-state index is 5.83. The summed E-state index contributed by atoms with van der Waals surface area (Å²) in [6, 6.07) is 8.87. The average Bonchev–Trinajstić information content (AvgIpc) is 2.91. The fourth-order valence-electron chi connectivity index (χ4n) is 3.11. The van der Waals surface area contributed by atoms with Gasteiger partial charge in [0.15, 0.2) is 0 Å². The number of para-hydroxylation sites is 1. The van der Waals surface area contributed by atoms with Gasteiger partial charge in [-0.05, 0) is 25.8 Å². The highest BCUT2D eigenvalue weighted by atomic mass is 16.5. The van der Waals surface area contributed by atoms with Crippen molar-refractivity contribution in [1.82, 2.24) is 10.2 Å². The molecule has 2 heterocycles. The fourth-order valence-corrected chi connectivity index (χ4v) is 3.11. The molecule has 0 spiro atoms. The van der Waals surface area contributed by atoms with E-state index in [4.69, 9.17) is 9.47 Å². The lowest BCUT2D eigenvalue weighted by Crippen LogP contribution is -2.42. The van der Waals surface area contributed by atoms with Crippen LogP contribution in [0.2, 0.25) is 0 Å². The molecule has 1 aromatic carbocycles. The largest absolute Gasteiger partial charge is 0.492 e.